The van der Waals surface area contributed by atoms with Gasteiger partial charge in [-0.2, -0.15) is 0 Å². The molecule has 20 heavy (non-hydrogen) atoms. The summed E-state index contributed by atoms with van der Waals surface area (Å²) >= 11 is 1.72. The van der Waals surface area contributed by atoms with Gasteiger partial charge in [0, 0.05) is 33.0 Å². The predicted octanol–water partition coefficient (Wildman–Crippen LogP) is 2.81. The fourth-order valence-electron chi connectivity index (χ4n) is 2.36. The molecule has 0 saturated carbocycles. The Morgan fingerprint density at radius 2 is 2.20 bits per heavy atom. The normalized spacial score (nSPS) is 19.0. The van der Waals surface area contributed by atoms with Crippen LogP contribution in [0, 0.1) is 0 Å². The summed E-state index contributed by atoms with van der Waals surface area (Å²) in [5, 5.41) is 0.165. The van der Waals surface area contributed by atoms with E-state index in [9.17, 15) is 4.79 Å². The van der Waals surface area contributed by atoms with Crippen LogP contribution in [0.1, 0.15) is 37.3 Å². The topological polar surface area (TPSA) is 34.5 Å². The van der Waals surface area contributed by atoms with Crippen LogP contribution in [0.2, 0.25) is 0 Å². The number of hydrogen-bond donors (Lipinski definition) is 0. The van der Waals surface area contributed by atoms with Gasteiger partial charge in [-0.1, -0.05) is 13.3 Å². The highest BCUT2D eigenvalue weighted by atomic mass is 32.2. The van der Waals surface area contributed by atoms with E-state index in [0.29, 0.717) is 5.75 Å². The molecule has 0 aromatic carbocycles. The highest BCUT2D eigenvalue weighted by Gasteiger charge is 2.33. The first-order valence-corrected chi connectivity index (χ1v) is 8.39. The smallest absolute Gasteiger partial charge is 0.233 e. The van der Waals surface area contributed by atoms with Gasteiger partial charge in [-0.3, -0.25) is 4.79 Å². The first kappa shape index (κ1) is 15.4. The Morgan fingerprint density at radius 1 is 1.40 bits per heavy atom. The number of rotatable bonds is 8. The van der Waals surface area contributed by atoms with Crippen LogP contribution in [-0.4, -0.2) is 40.9 Å². The van der Waals surface area contributed by atoms with E-state index >= 15 is 0 Å². The Balaban J connectivity index is 1.82. The summed E-state index contributed by atoms with van der Waals surface area (Å²) in [6.45, 7) is 4.52. The number of aryl methyl sites for hydroxylation is 1. The zero-order valence-electron chi connectivity index (χ0n) is 12.4. The molecule has 4 nitrogen and oxygen atoms in total. The maximum Gasteiger partial charge on any atom is 0.233 e. The standard InChI is InChI=1S/C15H24N2O2S/c1-3-4-10-19-11-6-9-17-14(18)12-20-15(17)13-7-5-8-16(13)2/h5,7-8,15H,3-4,6,9-12H2,1-2H3. The highest BCUT2D eigenvalue weighted by Crippen LogP contribution is 2.38. The van der Waals surface area contributed by atoms with Crippen molar-refractivity contribution in [2.75, 3.05) is 25.5 Å². The number of carbonyl (C=O) groups excluding carboxylic acids is 1. The molecule has 2 heterocycles. The van der Waals surface area contributed by atoms with Crippen LogP contribution in [-0.2, 0) is 16.6 Å². The molecule has 1 unspecified atom stereocenters. The van der Waals surface area contributed by atoms with Crippen LogP contribution in [0.15, 0.2) is 18.3 Å². The van der Waals surface area contributed by atoms with Crippen molar-refractivity contribution in [2.45, 2.75) is 31.6 Å². The van der Waals surface area contributed by atoms with E-state index in [1.165, 1.54) is 5.69 Å². The maximum absolute atomic E-state index is 12.0. The van der Waals surface area contributed by atoms with Crippen molar-refractivity contribution in [3.63, 3.8) is 0 Å². The molecule has 0 spiro atoms. The van der Waals surface area contributed by atoms with Crippen LogP contribution in [0.4, 0.5) is 0 Å². The van der Waals surface area contributed by atoms with Gasteiger partial charge >= 0.3 is 0 Å². The van der Waals surface area contributed by atoms with Crippen molar-refractivity contribution in [3.8, 4) is 0 Å². The minimum Gasteiger partial charge on any atom is -0.381 e. The molecule has 0 N–H and O–H groups in total. The number of unbranched alkanes of at least 4 members (excludes halogenated alkanes) is 1. The summed E-state index contributed by atoms with van der Waals surface area (Å²) in [5.41, 5.74) is 1.20. The molecule has 1 aliphatic rings. The van der Waals surface area contributed by atoms with E-state index < -0.39 is 0 Å². The van der Waals surface area contributed by atoms with Crippen LogP contribution < -0.4 is 0 Å². The lowest BCUT2D eigenvalue weighted by molar-refractivity contribution is -0.128. The minimum atomic E-state index is 0.165. The summed E-state index contributed by atoms with van der Waals surface area (Å²) in [4.78, 5) is 14.0. The van der Waals surface area contributed by atoms with E-state index in [1.807, 2.05) is 24.2 Å². The van der Waals surface area contributed by atoms with Crippen molar-refractivity contribution < 1.29 is 9.53 Å². The number of thioether (sulfide) groups is 1. The number of amides is 1. The molecule has 0 radical (unpaired) electrons. The molecule has 1 fully saturated rings. The van der Waals surface area contributed by atoms with Crippen molar-refractivity contribution in [1.29, 1.82) is 0 Å². The lowest BCUT2D eigenvalue weighted by Gasteiger charge is -2.24. The third kappa shape index (κ3) is 3.79. The number of nitrogens with zero attached hydrogens (tertiary/aromatic N) is 2. The molecule has 1 atom stereocenters. The fraction of sp³-hybridized carbons (Fsp3) is 0.667. The molecule has 1 aliphatic heterocycles. The molecular weight excluding hydrogens is 272 g/mol. The predicted molar refractivity (Wildman–Crippen MR) is 82.7 cm³/mol. The van der Waals surface area contributed by atoms with Gasteiger partial charge in [0.05, 0.1) is 11.4 Å². The molecule has 2 rings (SSSR count). The number of aromatic nitrogens is 1. The van der Waals surface area contributed by atoms with Crippen LogP contribution in [0.5, 0.6) is 0 Å². The van der Waals surface area contributed by atoms with Gasteiger partial charge < -0.3 is 14.2 Å². The molecule has 1 aromatic heterocycles. The Bertz CT molecular complexity index is 433. The van der Waals surface area contributed by atoms with Crippen LogP contribution in [0.3, 0.4) is 0 Å². The highest BCUT2D eigenvalue weighted by molar-refractivity contribution is 8.00. The molecule has 0 bridgehead atoms. The quantitative estimate of drug-likeness (QED) is 0.692. The molecule has 5 heteroatoms. The van der Waals surface area contributed by atoms with Gasteiger partial charge in [0.2, 0.25) is 5.91 Å². The summed E-state index contributed by atoms with van der Waals surface area (Å²) in [5.74, 6) is 0.835. The van der Waals surface area contributed by atoms with Gasteiger partial charge in [0.25, 0.3) is 0 Å². The van der Waals surface area contributed by atoms with Gasteiger partial charge in [-0.25, -0.2) is 0 Å². The van der Waals surface area contributed by atoms with Crippen molar-refractivity contribution in [1.82, 2.24) is 9.47 Å². The van der Waals surface area contributed by atoms with Gasteiger partial charge in [-0.15, -0.1) is 11.8 Å². The zero-order valence-corrected chi connectivity index (χ0v) is 13.2. The van der Waals surface area contributed by atoms with E-state index in [2.05, 4.69) is 17.6 Å². The SMILES string of the molecule is CCCCOCCCN1C(=O)CSC1c1cccn1C. The maximum atomic E-state index is 12.0. The van der Waals surface area contributed by atoms with Gasteiger partial charge in [-0.05, 0) is 25.0 Å². The number of hydrogen-bond acceptors (Lipinski definition) is 3. The Hall–Kier alpha value is -0.940. The van der Waals surface area contributed by atoms with E-state index in [1.54, 1.807) is 11.8 Å². The average molecular weight is 296 g/mol. The Labute approximate surface area is 125 Å². The minimum absolute atomic E-state index is 0.165. The van der Waals surface area contributed by atoms with Crippen LogP contribution in [0.25, 0.3) is 0 Å². The third-order valence-electron chi connectivity index (χ3n) is 3.53. The number of carbonyl (C=O) groups is 1. The first-order valence-electron chi connectivity index (χ1n) is 7.34. The van der Waals surface area contributed by atoms with E-state index in [-0.39, 0.29) is 11.3 Å². The van der Waals surface area contributed by atoms with Gasteiger partial charge in [0.1, 0.15) is 5.37 Å². The molecule has 1 aromatic rings. The second kappa shape index (κ2) is 7.74. The van der Waals surface area contributed by atoms with Crippen LogP contribution >= 0.6 is 11.8 Å². The molecule has 1 saturated heterocycles. The summed E-state index contributed by atoms with van der Waals surface area (Å²) < 4.78 is 7.67. The lowest BCUT2D eigenvalue weighted by atomic mass is 10.3. The molecule has 0 aliphatic carbocycles. The van der Waals surface area contributed by atoms with Crippen molar-refractivity contribution in [2.24, 2.45) is 7.05 Å². The Morgan fingerprint density at radius 3 is 2.90 bits per heavy atom. The fourth-order valence-corrected chi connectivity index (χ4v) is 3.64. The molecule has 112 valence electrons. The monoisotopic (exact) mass is 296 g/mol. The van der Waals surface area contributed by atoms with E-state index in [4.69, 9.17) is 4.74 Å². The largest absolute Gasteiger partial charge is 0.381 e. The lowest BCUT2D eigenvalue weighted by Crippen LogP contribution is -2.30. The van der Waals surface area contributed by atoms with Gasteiger partial charge in [0.15, 0.2) is 0 Å². The third-order valence-corrected chi connectivity index (χ3v) is 4.76. The Kier molecular flexibility index (Phi) is 5.98. The molecular formula is C15H24N2O2S. The average Bonchev–Trinajstić information content (AvgIpc) is 3.00. The number of ether oxygens (including phenoxy) is 1. The summed E-state index contributed by atoms with van der Waals surface area (Å²) in [6, 6.07) is 4.13. The second-order valence-electron chi connectivity index (χ2n) is 5.11. The van der Waals surface area contributed by atoms with Crippen molar-refractivity contribution in [3.05, 3.63) is 24.0 Å². The summed E-state index contributed by atoms with van der Waals surface area (Å²) in [6.07, 6.45) is 5.23. The first-order chi connectivity index (χ1) is 9.74. The second-order valence-corrected chi connectivity index (χ2v) is 6.18. The summed E-state index contributed by atoms with van der Waals surface area (Å²) in [7, 11) is 2.03. The van der Waals surface area contributed by atoms with E-state index in [0.717, 1.165) is 39.0 Å². The molecule has 1 amide bonds. The van der Waals surface area contributed by atoms with Crippen molar-refractivity contribution >= 4 is 17.7 Å². The zero-order chi connectivity index (χ0) is 14.4.